The lowest BCUT2D eigenvalue weighted by atomic mass is 9.90. The van der Waals surface area contributed by atoms with E-state index in [0.29, 0.717) is 22.3 Å². The van der Waals surface area contributed by atoms with E-state index in [2.05, 4.69) is 0 Å². The standard InChI is InChI=1S/C27H29N2O10S2/c1-12-7-14(3)23(15(4)8-12)40(34,35)38-27-20-18(11-28(27)33)19-21(22(20)30)26(32)29(25(19)31)39-41(36,37)24-16(5)9-13(2)10-17(24)6/h7-10,18-21,27H,11H2,1-6H3/q+1. The number of rotatable bonds is 6. The molecule has 1 saturated carbocycles. The van der Waals surface area contributed by atoms with Crippen molar-refractivity contribution in [2.45, 2.75) is 57.6 Å². The first-order chi connectivity index (χ1) is 19.0. The van der Waals surface area contributed by atoms with Gasteiger partial charge in [0.15, 0.2) is 12.3 Å². The molecule has 5 atom stereocenters. The Morgan fingerprint density at radius 3 is 1.68 bits per heavy atom. The Hall–Kier alpha value is -3.33. The number of benzene rings is 2. The molecule has 2 heterocycles. The largest absolute Gasteiger partial charge is 0.329 e. The third-order valence-electron chi connectivity index (χ3n) is 7.96. The predicted molar refractivity (Wildman–Crippen MR) is 141 cm³/mol. The van der Waals surface area contributed by atoms with Gasteiger partial charge in [-0.25, -0.2) is 0 Å². The lowest BCUT2D eigenvalue weighted by Crippen LogP contribution is -2.40. The molecule has 2 aliphatic heterocycles. The van der Waals surface area contributed by atoms with Crippen LogP contribution in [0, 0.1) is 70.1 Å². The SMILES string of the molecule is Cc1cc(C)c(S(=O)(=O)OC2C3C(=O)C4C(=O)N(OS(=O)(=O)c5c(C)cc(C)cc5C)C(=O)C4C3C[N+]2=O)c(C)c1. The number of nitroso groups, excluding NO2 is 1. The number of hydrogen-bond acceptors (Lipinski definition) is 10. The van der Waals surface area contributed by atoms with E-state index in [1.807, 2.05) is 0 Å². The average molecular weight is 606 g/mol. The first kappa shape index (κ1) is 29.2. The predicted octanol–water partition coefficient (Wildman–Crippen LogP) is 2.10. The van der Waals surface area contributed by atoms with Gasteiger partial charge >= 0.3 is 26.5 Å². The highest BCUT2D eigenvalue weighted by Crippen LogP contribution is 2.51. The summed E-state index contributed by atoms with van der Waals surface area (Å²) < 4.78 is 63.4. The monoisotopic (exact) mass is 605 g/mol. The van der Waals surface area contributed by atoms with Crippen LogP contribution in [0.3, 0.4) is 0 Å². The normalized spacial score (nSPS) is 26.2. The summed E-state index contributed by atoms with van der Waals surface area (Å²) in [4.78, 5) is 52.6. The van der Waals surface area contributed by atoms with E-state index in [1.165, 1.54) is 0 Å². The van der Waals surface area contributed by atoms with Crippen LogP contribution >= 0.6 is 0 Å². The van der Waals surface area contributed by atoms with E-state index in [1.54, 1.807) is 65.8 Å². The number of ketones is 1. The van der Waals surface area contributed by atoms with E-state index < -0.39 is 74.3 Å². The summed E-state index contributed by atoms with van der Waals surface area (Å²) in [5, 5.41) is 0.0800. The van der Waals surface area contributed by atoms with Gasteiger partial charge in [-0.2, -0.15) is 21.0 Å². The van der Waals surface area contributed by atoms with Crippen LogP contribution in [-0.2, 0) is 43.1 Å². The maximum absolute atomic E-state index is 13.5. The molecule has 0 spiro atoms. The number of hydrogen-bond donors (Lipinski definition) is 0. The minimum Gasteiger partial charge on any atom is -0.298 e. The summed E-state index contributed by atoms with van der Waals surface area (Å²) in [5.41, 5.74) is 3.09. The van der Waals surface area contributed by atoms with Crippen LogP contribution in [-0.4, -0.2) is 57.0 Å². The zero-order valence-electron chi connectivity index (χ0n) is 23.2. The number of amides is 2. The van der Waals surface area contributed by atoms with Crippen LogP contribution in [0.5, 0.6) is 0 Å². The van der Waals surface area contributed by atoms with Crippen molar-refractivity contribution in [3.05, 3.63) is 62.6 Å². The number of hydroxylamine groups is 2. The highest BCUT2D eigenvalue weighted by molar-refractivity contribution is 7.87. The maximum Gasteiger partial charge on any atom is 0.329 e. The molecule has 2 aromatic rings. The van der Waals surface area contributed by atoms with Gasteiger partial charge in [0.1, 0.15) is 21.6 Å². The van der Waals surface area contributed by atoms with E-state index in [9.17, 15) is 36.1 Å². The van der Waals surface area contributed by atoms with E-state index in [0.717, 1.165) is 11.1 Å². The Kier molecular flexibility index (Phi) is 6.84. The van der Waals surface area contributed by atoms with Gasteiger partial charge in [0.05, 0.1) is 11.8 Å². The summed E-state index contributed by atoms with van der Waals surface area (Å²) in [6, 6.07) is 6.49. The molecule has 0 aromatic heterocycles. The molecule has 3 fully saturated rings. The molecule has 2 aromatic carbocycles. The van der Waals surface area contributed by atoms with Gasteiger partial charge in [-0.1, -0.05) is 35.4 Å². The van der Waals surface area contributed by atoms with Gasteiger partial charge < -0.3 is 0 Å². The second kappa shape index (κ2) is 9.61. The van der Waals surface area contributed by atoms with Gasteiger partial charge in [-0.15, -0.1) is 9.35 Å². The summed E-state index contributed by atoms with van der Waals surface area (Å²) in [7, 11) is -9.17. The quantitative estimate of drug-likeness (QED) is 0.206. The molecule has 1 aliphatic carbocycles. The van der Waals surface area contributed by atoms with Crippen molar-refractivity contribution in [3.8, 4) is 0 Å². The van der Waals surface area contributed by atoms with Crippen molar-refractivity contribution in [1.29, 1.82) is 0 Å². The van der Waals surface area contributed by atoms with Crippen molar-refractivity contribution in [2.24, 2.45) is 23.7 Å². The average Bonchev–Trinajstić information content (AvgIpc) is 3.35. The summed E-state index contributed by atoms with van der Waals surface area (Å²) >= 11 is 0. The molecule has 12 nitrogen and oxygen atoms in total. The fourth-order valence-corrected chi connectivity index (χ4v) is 9.53. The van der Waals surface area contributed by atoms with Crippen molar-refractivity contribution in [1.82, 2.24) is 5.06 Å². The van der Waals surface area contributed by atoms with Crippen LogP contribution in [0.2, 0.25) is 0 Å². The number of carbonyl (C=O) groups is 3. The Balaban J connectivity index is 1.43. The highest BCUT2D eigenvalue weighted by Gasteiger charge is 2.73. The third-order valence-corrected chi connectivity index (χ3v) is 11.0. The van der Waals surface area contributed by atoms with Gasteiger partial charge in [-0.05, 0) is 63.8 Å². The van der Waals surface area contributed by atoms with Crippen molar-refractivity contribution in [2.75, 3.05) is 6.54 Å². The Morgan fingerprint density at radius 1 is 0.732 bits per heavy atom. The summed E-state index contributed by atoms with van der Waals surface area (Å²) in [6.07, 6.45) is -1.79. The zero-order chi connectivity index (χ0) is 30.3. The van der Waals surface area contributed by atoms with E-state index in [-0.39, 0.29) is 19.6 Å². The van der Waals surface area contributed by atoms with Crippen LogP contribution in [0.1, 0.15) is 33.4 Å². The van der Waals surface area contributed by atoms with Crippen LogP contribution in [0.25, 0.3) is 0 Å². The van der Waals surface area contributed by atoms with Gasteiger partial charge in [0.2, 0.25) is 0 Å². The molecule has 0 radical (unpaired) electrons. The Labute approximate surface area is 237 Å². The van der Waals surface area contributed by atoms with Crippen LogP contribution in [0.15, 0.2) is 34.1 Å². The number of fused-ring (bicyclic) bond motifs is 3. The summed E-state index contributed by atoms with van der Waals surface area (Å²) in [5.74, 6) is -8.65. The molecule has 2 amide bonds. The van der Waals surface area contributed by atoms with Crippen LogP contribution in [0.4, 0.5) is 0 Å². The first-order valence-electron chi connectivity index (χ1n) is 12.8. The first-order valence-corrected chi connectivity index (χ1v) is 15.7. The van der Waals surface area contributed by atoms with E-state index >= 15 is 0 Å². The molecule has 41 heavy (non-hydrogen) atoms. The second-order valence-corrected chi connectivity index (χ2v) is 14.1. The number of nitrogens with zero attached hydrogens (tertiary/aromatic N) is 2. The molecule has 3 aliphatic rings. The van der Waals surface area contributed by atoms with E-state index in [4.69, 9.17) is 8.47 Å². The van der Waals surface area contributed by atoms with Gasteiger partial charge in [0.25, 0.3) is 11.8 Å². The molecular weight excluding hydrogens is 576 g/mol. The molecule has 14 heteroatoms. The number of carbonyl (C=O) groups excluding carboxylic acids is 3. The molecule has 2 saturated heterocycles. The molecule has 0 bridgehead atoms. The topological polar surface area (TPSA) is 161 Å². The fourth-order valence-electron chi connectivity index (χ4n) is 6.72. The molecule has 5 rings (SSSR count). The Bertz CT molecular complexity index is 1730. The fraction of sp³-hybridized carbons (Fsp3) is 0.444. The second-order valence-electron chi connectivity index (χ2n) is 11.1. The number of aryl methyl sites for hydroxylation is 6. The van der Waals surface area contributed by atoms with Gasteiger partial charge in [-0.3, -0.25) is 14.4 Å². The number of imide groups is 1. The lowest BCUT2D eigenvalue weighted by Gasteiger charge is -2.19. The molecule has 218 valence electrons. The highest BCUT2D eigenvalue weighted by atomic mass is 32.2. The third kappa shape index (κ3) is 4.53. The van der Waals surface area contributed by atoms with Crippen molar-refractivity contribution < 1.29 is 44.4 Å². The number of Topliss-reactive ketones (excluding diaryl/α,β-unsaturated/α-hetero) is 1. The molecular formula is C27H29N2O10S2+. The Morgan fingerprint density at radius 2 is 1.20 bits per heavy atom. The van der Waals surface area contributed by atoms with Crippen LogP contribution < -0.4 is 0 Å². The van der Waals surface area contributed by atoms with Crippen molar-refractivity contribution in [3.63, 3.8) is 0 Å². The maximum atomic E-state index is 13.5. The lowest BCUT2D eigenvalue weighted by molar-refractivity contribution is -0.603. The summed E-state index contributed by atoms with van der Waals surface area (Å²) in [6.45, 7) is 9.34. The minimum absolute atomic E-state index is 0.0800. The van der Waals surface area contributed by atoms with Crippen molar-refractivity contribution >= 4 is 37.8 Å². The minimum atomic E-state index is -4.65. The molecule has 5 unspecified atom stereocenters. The smallest absolute Gasteiger partial charge is 0.298 e. The van der Waals surface area contributed by atoms with Gasteiger partial charge in [0, 0.05) is 9.67 Å². The molecule has 0 N–H and O–H groups in total. The zero-order valence-corrected chi connectivity index (χ0v) is 24.8.